The van der Waals surface area contributed by atoms with Crippen molar-refractivity contribution in [1.29, 1.82) is 0 Å². The number of benzene rings is 1. The van der Waals surface area contributed by atoms with Crippen molar-refractivity contribution in [3.8, 4) is 5.75 Å². The Morgan fingerprint density at radius 2 is 1.63 bits per heavy atom. The van der Waals surface area contributed by atoms with Gasteiger partial charge in [0.2, 0.25) is 0 Å². The van der Waals surface area contributed by atoms with Crippen molar-refractivity contribution in [2.75, 3.05) is 6.61 Å². The maximum atomic E-state index is 6.46. The first-order valence-electron chi connectivity index (χ1n) is 7.30. The lowest BCUT2D eigenvalue weighted by Gasteiger charge is -2.15. The van der Waals surface area contributed by atoms with E-state index in [2.05, 4.69) is 46.8 Å². The maximum Gasteiger partial charge on any atom is 0.119 e. The summed E-state index contributed by atoms with van der Waals surface area (Å²) in [7, 11) is 0. The van der Waals surface area contributed by atoms with Crippen LogP contribution in [0.4, 0.5) is 0 Å². The molecule has 1 aromatic carbocycles. The van der Waals surface area contributed by atoms with E-state index in [-0.39, 0.29) is 6.04 Å². The second-order valence-electron chi connectivity index (χ2n) is 6.86. The zero-order chi connectivity index (χ0) is 14.3. The Morgan fingerprint density at radius 3 is 2.05 bits per heavy atom. The fraction of sp³-hybridized carbons (Fsp3) is 0.647. The predicted octanol–water partition coefficient (Wildman–Crippen LogP) is 4.16. The average Bonchev–Trinajstić information content (AvgIpc) is 2.77. The third-order valence-corrected chi connectivity index (χ3v) is 5.23. The fourth-order valence-electron chi connectivity index (χ4n) is 3.34. The number of ether oxygens (including phenoxy) is 1. The van der Waals surface area contributed by atoms with E-state index in [0.717, 1.165) is 18.8 Å². The molecule has 0 bridgehead atoms. The van der Waals surface area contributed by atoms with Crippen LogP contribution in [0.2, 0.25) is 0 Å². The van der Waals surface area contributed by atoms with Crippen LogP contribution < -0.4 is 10.5 Å². The Hall–Kier alpha value is -1.02. The van der Waals surface area contributed by atoms with Gasteiger partial charge in [0.15, 0.2) is 0 Å². The van der Waals surface area contributed by atoms with E-state index >= 15 is 0 Å². The molecule has 0 aliphatic heterocycles. The summed E-state index contributed by atoms with van der Waals surface area (Å²) < 4.78 is 5.61. The van der Waals surface area contributed by atoms with Crippen LogP contribution in [-0.4, -0.2) is 6.61 Å². The molecule has 1 saturated carbocycles. The molecule has 0 saturated heterocycles. The molecule has 106 valence electrons. The van der Waals surface area contributed by atoms with Crippen molar-refractivity contribution in [1.82, 2.24) is 0 Å². The summed E-state index contributed by atoms with van der Waals surface area (Å²) in [6.07, 6.45) is 1.03. The first-order chi connectivity index (χ1) is 8.82. The normalized spacial score (nSPS) is 22.0. The van der Waals surface area contributed by atoms with E-state index in [4.69, 9.17) is 10.5 Å². The standard InChI is InChI=1S/C17H27NO/c1-6-11-19-13-9-7-12(8-10-13)14(18)15-16(2,3)17(15,4)5/h7-10,14-15H,6,11,18H2,1-5H3. The summed E-state index contributed by atoms with van der Waals surface area (Å²) in [4.78, 5) is 0. The molecular weight excluding hydrogens is 234 g/mol. The van der Waals surface area contributed by atoms with Crippen LogP contribution in [0.15, 0.2) is 24.3 Å². The highest BCUT2D eigenvalue weighted by molar-refractivity contribution is 5.32. The zero-order valence-corrected chi connectivity index (χ0v) is 12.9. The van der Waals surface area contributed by atoms with Gasteiger partial charge in [-0.15, -0.1) is 0 Å². The van der Waals surface area contributed by atoms with Gasteiger partial charge in [0.05, 0.1) is 6.61 Å². The molecule has 1 unspecified atom stereocenters. The van der Waals surface area contributed by atoms with Gasteiger partial charge >= 0.3 is 0 Å². The second-order valence-corrected chi connectivity index (χ2v) is 6.86. The molecule has 0 amide bonds. The van der Waals surface area contributed by atoms with Crippen LogP contribution in [0.3, 0.4) is 0 Å². The average molecular weight is 261 g/mol. The van der Waals surface area contributed by atoms with Crippen molar-refractivity contribution in [3.63, 3.8) is 0 Å². The lowest BCUT2D eigenvalue weighted by molar-refractivity contribution is 0.317. The Morgan fingerprint density at radius 1 is 1.11 bits per heavy atom. The van der Waals surface area contributed by atoms with Gasteiger partial charge in [-0.25, -0.2) is 0 Å². The second kappa shape index (κ2) is 4.82. The van der Waals surface area contributed by atoms with E-state index in [1.807, 2.05) is 12.1 Å². The molecule has 0 spiro atoms. The molecule has 1 aliphatic carbocycles. The highest BCUT2D eigenvalue weighted by atomic mass is 16.5. The van der Waals surface area contributed by atoms with Gasteiger partial charge in [0, 0.05) is 6.04 Å². The van der Waals surface area contributed by atoms with Crippen LogP contribution in [0.25, 0.3) is 0 Å². The third kappa shape index (κ3) is 2.38. The molecule has 1 atom stereocenters. The van der Waals surface area contributed by atoms with Crippen LogP contribution >= 0.6 is 0 Å². The molecule has 1 aliphatic rings. The van der Waals surface area contributed by atoms with Crippen LogP contribution in [0.5, 0.6) is 5.75 Å². The van der Waals surface area contributed by atoms with Gasteiger partial charge in [-0.3, -0.25) is 0 Å². The van der Waals surface area contributed by atoms with Crippen molar-refractivity contribution < 1.29 is 4.74 Å². The zero-order valence-electron chi connectivity index (χ0n) is 12.9. The topological polar surface area (TPSA) is 35.2 Å². The molecule has 2 rings (SSSR count). The molecule has 2 nitrogen and oxygen atoms in total. The largest absolute Gasteiger partial charge is 0.494 e. The van der Waals surface area contributed by atoms with Crippen molar-refractivity contribution in [2.45, 2.75) is 47.1 Å². The highest BCUT2D eigenvalue weighted by Gasteiger charge is 2.66. The molecule has 1 aromatic rings. The van der Waals surface area contributed by atoms with Crippen LogP contribution in [0.1, 0.15) is 52.6 Å². The lowest BCUT2D eigenvalue weighted by Crippen LogP contribution is -2.16. The summed E-state index contributed by atoms with van der Waals surface area (Å²) in [5.41, 5.74) is 8.32. The quantitative estimate of drug-likeness (QED) is 0.864. The Kier molecular flexibility index (Phi) is 3.65. The van der Waals surface area contributed by atoms with Gasteiger partial charge in [-0.1, -0.05) is 46.8 Å². The summed E-state index contributed by atoms with van der Waals surface area (Å²) in [5.74, 6) is 1.48. The Balaban J connectivity index is 2.07. The fourth-order valence-corrected chi connectivity index (χ4v) is 3.34. The highest BCUT2D eigenvalue weighted by Crippen LogP contribution is 2.71. The molecule has 0 aromatic heterocycles. The van der Waals surface area contributed by atoms with Crippen LogP contribution in [-0.2, 0) is 0 Å². The van der Waals surface area contributed by atoms with Gasteiger partial charge in [0.1, 0.15) is 5.75 Å². The maximum absolute atomic E-state index is 6.46. The third-order valence-electron chi connectivity index (χ3n) is 5.23. The summed E-state index contributed by atoms with van der Waals surface area (Å²) in [6, 6.07) is 8.41. The van der Waals surface area contributed by atoms with Crippen molar-refractivity contribution in [3.05, 3.63) is 29.8 Å². The number of rotatable bonds is 5. The van der Waals surface area contributed by atoms with E-state index in [9.17, 15) is 0 Å². The molecule has 2 heteroatoms. The van der Waals surface area contributed by atoms with Gasteiger partial charge in [-0.05, 0) is 40.9 Å². The molecule has 19 heavy (non-hydrogen) atoms. The van der Waals surface area contributed by atoms with E-state index in [1.165, 1.54) is 5.56 Å². The monoisotopic (exact) mass is 261 g/mol. The van der Waals surface area contributed by atoms with Gasteiger partial charge < -0.3 is 10.5 Å². The first-order valence-corrected chi connectivity index (χ1v) is 7.30. The summed E-state index contributed by atoms with van der Waals surface area (Å²) in [6.45, 7) is 12.1. The Bertz CT molecular complexity index is 419. The van der Waals surface area contributed by atoms with E-state index < -0.39 is 0 Å². The van der Waals surface area contributed by atoms with Crippen molar-refractivity contribution in [2.24, 2.45) is 22.5 Å². The minimum Gasteiger partial charge on any atom is -0.494 e. The van der Waals surface area contributed by atoms with Gasteiger partial charge in [-0.2, -0.15) is 0 Å². The van der Waals surface area contributed by atoms with Gasteiger partial charge in [0.25, 0.3) is 0 Å². The Labute approximate surface area is 117 Å². The SMILES string of the molecule is CCCOc1ccc(C(N)C2C(C)(C)C2(C)C)cc1. The molecule has 0 heterocycles. The number of hydrogen-bond donors (Lipinski definition) is 1. The smallest absolute Gasteiger partial charge is 0.119 e. The number of hydrogen-bond acceptors (Lipinski definition) is 2. The minimum absolute atomic E-state index is 0.116. The van der Waals surface area contributed by atoms with Crippen molar-refractivity contribution >= 4 is 0 Å². The number of nitrogens with two attached hydrogens (primary N) is 1. The minimum atomic E-state index is 0.116. The lowest BCUT2D eigenvalue weighted by atomic mass is 9.97. The molecule has 0 radical (unpaired) electrons. The van der Waals surface area contributed by atoms with E-state index in [0.29, 0.717) is 16.7 Å². The predicted molar refractivity (Wildman–Crippen MR) is 80.2 cm³/mol. The van der Waals surface area contributed by atoms with Crippen LogP contribution in [0, 0.1) is 16.7 Å². The van der Waals surface area contributed by atoms with E-state index in [1.54, 1.807) is 0 Å². The summed E-state index contributed by atoms with van der Waals surface area (Å²) in [5, 5.41) is 0. The summed E-state index contributed by atoms with van der Waals surface area (Å²) >= 11 is 0. The molecule has 1 fully saturated rings. The molecular formula is C17H27NO. The molecule has 2 N–H and O–H groups in total. The first kappa shape index (κ1) is 14.4.